The summed E-state index contributed by atoms with van der Waals surface area (Å²) >= 11 is 0. The Bertz CT molecular complexity index is 426. The molecule has 0 saturated heterocycles. The number of carbonyl (C=O) groups is 1. The number of hydrogen-bond acceptors (Lipinski definition) is 1. The molecule has 0 aliphatic rings. The van der Waals surface area contributed by atoms with Gasteiger partial charge in [-0.3, -0.25) is 4.79 Å². The monoisotopic (exact) mass is 246 g/mol. The minimum absolute atomic E-state index is 0.0927. The smallest absolute Gasteiger partial charge is 0.416 e. The second-order valence-corrected chi connectivity index (χ2v) is 4.03. The highest BCUT2D eigenvalue weighted by Gasteiger charge is 2.42. The summed E-state index contributed by atoms with van der Waals surface area (Å²) < 4.78 is 38.4. The molecule has 5 heteroatoms. The number of benzene rings is 1. The molecule has 1 aromatic rings. The van der Waals surface area contributed by atoms with Gasteiger partial charge in [0.25, 0.3) is 0 Å². The lowest BCUT2D eigenvalue weighted by Crippen LogP contribution is -2.34. The minimum atomic E-state index is -4.54. The highest BCUT2D eigenvalue weighted by molar-refractivity contribution is 5.81. The molecule has 0 amide bonds. The van der Waals surface area contributed by atoms with Crippen molar-refractivity contribution < 1.29 is 23.1 Å². The van der Waals surface area contributed by atoms with Gasteiger partial charge in [-0.1, -0.05) is 25.1 Å². The molecular formula is C12H13F3O2. The van der Waals surface area contributed by atoms with Crippen LogP contribution in [0.2, 0.25) is 0 Å². The Morgan fingerprint density at radius 1 is 1.24 bits per heavy atom. The van der Waals surface area contributed by atoms with Crippen molar-refractivity contribution in [2.24, 2.45) is 0 Å². The molecule has 0 heterocycles. The van der Waals surface area contributed by atoms with Crippen LogP contribution in [0.3, 0.4) is 0 Å². The zero-order valence-electron chi connectivity index (χ0n) is 9.51. The molecule has 0 bridgehead atoms. The fourth-order valence-electron chi connectivity index (χ4n) is 1.67. The van der Waals surface area contributed by atoms with E-state index in [1.54, 1.807) is 6.92 Å². The largest absolute Gasteiger partial charge is 0.481 e. The number of rotatable bonds is 3. The van der Waals surface area contributed by atoms with E-state index in [4.69, 9.17) is 5.11 Å². The van der Waals surface area contributed by atoms with Gasteiger partial charge in [-0.15, -0.1) is 0 Å². The summed E-state index contributed by atoms with van der Waals surface area (Å²) in [4.78, 5) is 11.2. The number of halogens is 3. The van der Waals surface area contributed by atoms with Crippen molar-refractivity contribution in [1.29, 1.82) is 0 Å². The molecule has 0 aliphatic heterocycles. The number of carboxylic acids is 1. The summed E-state index contributed by atoms with van der Waals surface area (Å²) in [5.74, 6) is -1.25. The molecule has 0 saturated carbocycles. The van der Waals surface area contributed by atoms with Crippen molar-refractivity contribution in [3.8, 4) is 0 Å². The Labute approximate surface area is 97.1 Å². The topological polar surface area (TPSA) is 37.3 Å². The van der Waals surface area contributed by atoms with Gasteiger partial charge in [-0.25, -0.2) is 0 Å². The van der Waals surface area contributed by atoms with E-state index in [-0.39, 0.29) is 12.0 Å². The normalized spacial score (nSPS) is 15.4. The highest BCUT2D eigenvalue weighted by atomic mass is 19.4. The average Bonchev–Trinajstić information content (AvgIpc) is 2.26. The second kappa shape index (κ2) is 4.39. The Kier molecular flexibility index (Phi) is 3.50. The van der Waals surface area contributed by atoms with Crippen LogP contribution in [0.1, 0.15) is 31.4 Å². The van der Waals surface area contributed by atoms with E-state index in [0.717, 1.165) is 6.07 Å². The third kappa shape index (κ3) is 2.43. The predicted molar refractivity (Wildman–Crippen MR) is 56.7 cm³/mol. The van der Waals surface area contributed by atoms with Crippen LogP contribution < -0.4 is 0 Å². The first-order chi connectivity index (χ1) is 7.73. The van der Waals surface area contributed by atoms with Gasteiger partial charge in [0, 0.05) is 0 Å². The minimum Gasteiger partial charge on any atom is -0.481 e. The summed E-state index contributed by atoms with van der Waals surface area (Å²) in [6.45, 7) is 2.86. The number of aliphatic carboxylic acids is 1. The predicted octanol–water partition coefficient (Wildman–Crippen LogP) is 3.46. The van der Waals surface area contributed by atoms with Gasteiger partial charge < -0.3 is 5.11 Å². The van der Waals surface area contributed by atoms with E-state index >= 15 is 0 Å². The lowest BCUT2D eigenvalue weighted by atomic mass is 9.77. The summed E-state index contributed by atoms with van der Waals surface area (Å²) in [6.07, 6.45) is -4.45. The molecule has 1 unspecified atom stereocenters. The van der Waals surface area contributed by atoms with E-state index < -0.39 is 23.1 Å². The maximum absolute atomic E-state index is 12.8. The van der Waals surface area contributed by atoms with E-state index in [1.165, 1.54) is 25.1 Å². The van der Waals surface area contributed by atoms with Crippen LogP contribution in [0.15, 0.2) is 24.3 Å². The van der Waals surface area contributed by atoms with Crippen LogP contribution in [0, 0.1) is 0 Å². The third-order valence-corrected chi connectivity index (χ3v) is 3.01. The molecule has 0 aromatic heterocycles. The molecule has 94 valence electrons. The summed E-state index contributed by atoms with van der Waals surface area (Å²) in [6, 6.07) is 4.80. The summed E-state index contributed by atoms with van der Waals surface area (Å²) in [7, 11) is 0. The number of hydrogen-bond donors (Lipinski definition) is 1. The zero-order chi connectivity index (χ0) is 13.3. The van der Waals surface area contributed by atoms with Crippen LogP contribution in [-0.4, -0.2) is 11.1 Å². The standard InChI is InChI=1S/C12H13F3O2/c1-3-11(2,10(16)17)8-6-4-5-7-9(8)12(13,14)15/h4-7H,3H2,1-2H3,(H,16,17). The van der Waals surface area contributed by atoms with E-state index in [0.29, 0.717) is 0 Å². The number of alkyl halides is 3. The van der Waals surface area contributed by atoms with Gasteiger partial charge in [0.1, 0.15) is 0 Å². The number of carboxylic acid groups (broad SMARTS) is 1. The Hall–Kier alpha value is -1.52. The molecular weight excluding hydrogens is 233 g/mol. The molecule has 0 radical (unpaired) electrons. The molecule has 0 fully saturated rings. The van der Waals surface area contributed by atoms with E-state index in [2.05, 4.69) is 0 Å². The lowest BCUT2D eigenvalue weighted by molar-refractivity contribution is -0.145. The maximum Gasteiger partial charge on any atom is 0.416 e. The quantitative estimate of drug-likeness (QED) is 0.886. The van der Waals surface area contributed by atoms with Crippen molar-refractivity contribution in [1.82, 2.24) is 0 Å². The Morgan fingerprint density at radius 2 is 1.71 bits per heavy atom. The maximum atomic E-state index is 12.8. The molecule has 0 spiro atoms. The van der Waals surface area contributed by atoms with Crippen LogP contribution in [0.4, 0.5) is 13.2 Å². The van der Waals surface area contributed by atoms with Crippen LogP contribution in [0.25, 0.3) is 0 Å². The fourth-order valence-corrected chi connectivity index (χ4v) is 1.67. The molecule has 1 atom stereocenters. The first-order valence-corrected chi connectivity index (χ1v) is 5.13. The van der Waals surface area contributed by atoms with Gasteiger partial charge >= 0.3 is 12.1 Å². The van der Waals surface area contributed by atoms with Gasteiger partial charge in [-0.2, -0.15) is 13.2 Å². The van der Waals surface area contributed by atoms with Crippen molar-refractivity contribution in [3.63, 3.8) is 0 Å². The SMILES string of the molecule is CCC(C)(C(=O)O)c1ccccc1C(F)(F)F. The fraction of sp³-hybridized carbons (Fsp3) is 0.417. The van der Waals surface area contributed by atoms with Gasteiger partial charge in [-0.05, 0) is 25.0 Å². The molecule has 1 rings (SSSR count). The van der Waals surface area contributed by atoms with E-state index in [1.807, 2.05) is 0 Å². The second-order valence-electron chi connectivity index (χ2n) is 4.03. The van der Waals surface area contributed by atoms with Gasteiger partial charge in [0.15, 0.2) is 0 Å². The van der Waals surface area contributed by atoms with Gasteiger partial charge in [0.2, 0.25) is 0 Å². The van der Waals surface area contributed by atoms with Crippen molar-refractivity contribution in [3.05, 3.63) is 35.4 Å². The Morgan fingerprint density at radius 3 is 2.06 bits per heavy atom. The van der Waals surface area contributed by atoms with Crippen LogP contribution in [0.5, 0.6) is 0 Å². The Balaban J connectivity index is 3.46. The average molecular weight is 246 g/mol. The van der Waals surface area contributed by atoms with Crippen molar-refractivity contribution in [2.45, 2.75) is 31.9 Å². The van der Waals surface area contributed by atoms with E-state index in [9.17, 15) is 18.0 Å². The molecule has 1 aromatic carbocycles. The zero-order valence-corrected chi connectivity index (χ0v) is 9.51. The third-order valence-electron chi connectivity index (χ3n) is 3.01. The first-order valence-electron chi connectivity index (χ1n) is 5.13. The van der Waals surface area contributed by atoms with Crippen LogP contribution >= 0.6 is 0 Å². The lowest BCUT2D eigenvalue weighted by Gasteiger charge is -2.27. The first kappa shape index (κ1) is 13.5. The summed E-state index contributed by atoms with van der Waals surface area (Å²) in [5, 5.41) is 9.11. The molecule has 0 aliphatic carbocycles. The summed E-state index contributed by atoms with van der Waals surface area (Å²) in [5.41, 5.74) is -2.60. The van der Waals surface area contributed by atoms with Gasteiger partial charge in [0.05, 0.1) is 11.0 Å². The molecule has 17 heavy (non-hydrogen) atoms. The highest BCUT2D eigenvalue weighted by Crippen LogP contribution is 2.39. The molecule has 2 nitrogen and oxygen atoms in total. The molecule has 1 N–H and O–H groups in total. The van der Waals surface area contributed by atoms with Crippen molar-refractivity contribution in [2.75, 3.05) is 0 Å². The van der Waals surface area contributed by atoms with Crippen LogP contribution in [-0.2, 0) is 16.4 Å². The van der Waals surface area contributed by atoms with Crippen molar-refractivity contribution >= 4 is 5.97 Å².